The number of aromatic nitrogens is 2. The molecule has 3 N–H and O–H groups in total. The van der Waals surface area contributed by atoms with Gasteiger partial charge < -0.3 is 20.7 Å². The third-order valence-electron chi connectivity index (χ3n) is 3.68. The van der Waals surface area contributed by atoms with E-state index in [0.29, 0.717) is 19.0 Å². The summed E-state index contributed by atoms with van der Waals surface area (Å²) in [6.45, 7) is 3.11. The van der Waals surface area contributed by atoms with Crippen LogP contribution in [-0.4, -0.2) is 55.8 Å². The van der Waals surface area contributed by atoms with Crippen molar-refractivity contribution >= 4 is 35.9 Å². The van der Waals surface area contributed by atoms with E-state index in [9.17, 15) is 13.2 Å². The molecule has 1 aromatic rings. The van der Waals surface area contributed by atoms with Gasteiger partial charge in [-0.05, 0) is 31.2 Å². The molecule has 7 nitrogen and oxygen atoms in total. The first-order chi connectivity index (χ1) is 12.5. The molecular weight excluding hydrogens is 476 g/mol. The van der Waals surface area contributed by atoms with E-state index in [2.05, 4.69) is 30.9 Å². The topological polar surface area (TPSA) is 83.5 Å². The van der Waals surface area contributed by atoms with Crippen molar-refractivity contribution in [2.45, 2.75) is 25.4 Å². The van der Waals surface area contributed by atoms with Gasteiger partial charge in [-0.1, -0.05) is 0 Å². The van der Waals surface area contributed by atoms with Gasteiger partial charge in [-0.2, -0.15) is 13.2 Å². The number of hydrogen-bond donors (Lipinski definition) is 3. The second-order valence-corrected chi connectivity index (χ2v) is 5.99. The molecule has 1 heterocycles. The largest absolute Gasteiger partial charge is 0.433 e. The summed E-state index contributed by atoms with van der Waals surface area (Å²) in [5.74, 6) is 1.34. The van der Waals surface area contributed by atoms with E-state index in [1.165, 1.54) is 12.8 Å². The Kier molecular flexibility index (Phi) is 10.7. The molecule has 0 amide bonds. The van der Waals surface area contributed by atoms with Crippen LogP contribution in [0, 0.1) is 5.92 Å². The standard InChI is InChI=1S/C16H25F3N6O.HI/c1-20-14(21-6-2-10-26-11-12-3-4-12)23-8-9-24-15-22-7-5-13(25-15)16(17,18)19;/h5,7,12H,2-4,6,8-11H2,1H3,(H2,20,21,23)(H,22,24,25);1H. The Balaban J connectivity index is 0.00000364. The SMILES string of the molecule is CN=C(NCCCOCC1CC1)NCCNc1nccc(C(F)(F)F)n1.I. The summed E-state index contributed by atoms with van der Waals surface area (Å²) in [4.78, 5) is 11.3. The number of ether oxygens (including phenoxy) is 1. The van der Waals surface area contributed by atoms with Crippen LogP contribution in [0.25, 0.3) is 0 Å². The lowest BCUT2D eigenvalue weighted by Gasteiger charge is -2.13. The monoisotopic (exact) mass is 502 g/mol. The number of anilines is 1. The van der Waals surface area contributed by atoms with Gasteiger partial charge in [0.05, 0.1) is 0 Å². The fourth-order valence-corrected chi connectivity index (χ4v) is 2.09. The molecular formula is C16H26F3IN6O. The summed E-state index contributed by atoms with van der Waals surface area (Å²) >= 11 is 0. The Bertz CT molecular complexity index is 584. The fourth-order valence-electron chi connectivity index (χ4n) is 2.09. The number of halogens is 4. The van der Waals surface area contributed by atoms with Crippen LogP contribution in [0.3, 0.4) is 0 Å². The Morgan fingerprint density at radius 1 is 1.26 bits per heavy atom. The maximum atomic E-state index is 12.6. The second kappa shape index (κ2) is 12.2. The number of alkyl halides is 3. The maximum Gasteiger partial charge on any atom is 0.433 e. The number of hydrogen-bond acceptors (Lipinski definition) is 5. The van der Waals surface area contributed by atoms with Crippen molar-refractivity contribution in [1.29, 1.82) is 0 Å². The van der Waals surface area contributed by atoms with E-state index in [1.807, 2.05) is 0 Å². The minimum absolute atomic E-state index is 0. The van der Waals surface area contributed by atoms with Crippen molar-refractivity contribution in [3.8, 4) is 0 Å². The lowest BCUT2D eigenvalue weighted by molar-refractivity contribution is -0.141. The highest BCUT2D eigenvalue weighted by atomic mass is 127. The molecule has 27 heavy (non-hydrogen) atoms. The van der Waals surface area contributed by atoms with E-state index in [-0.39, 0.29) is 29.9 Å². The van der Waals surface area contributed by atoms with Gasteiger partial charge in [-0.25, -0.2) is 9.97 Å². The van der Waals surface area contributed by atoms with Crippen molar-refractivity contribution in [2.24, 2.45) is 10.9 Å². The Morgan fingerprint density at radius 2 is 2.00 bits per heavy atom. The van der Waals surface area contributed by atoms with Crippen LogP contribution in [0.1, 0.15) is 25.0 Å². The molecule has 1 aromatic heterocycles. The van der Waals surface area contributed by atoms with Crippen molar-refractivity contribution in [2.75, 3.05) is 45.2 Å². The van der Waals surface area contributed by atoms with Crippen molar-refractivity contribution in [3.63, 3.8) is 0 Å². The summed E-state index contributed by atoms with van der Waals surface area (Å²) in [6, 6.07) is 0.837. The summed E-state index contributed by atoms with van der Waals surface area (Å²) < 4.78 is 43.3. The summed E-state index contributed by atoms with van der Waals surface area (Å²) in [7, 11) is 1.66. The molecule has 0 aromatic carbocycles. The Hall–Kier alpha value is -1.37. The molecule has 11 heteroatoms. The highest BCUT2D eigenvalue weighted by molar-refractivity contribution is 14.0. The first-order valence-electron chi connectivity index (χ1n) is 8.65. The van der Waals surface area contributed by atoms with E-state index >= 15 is 0 Å². The maximum absolute atomic E-state index is 12.6. The van der Waals surface area contributed by atoms with Crippen molar-refractivity contribution in [3.05, 3.63) is 18.0 Å². The van der Waals surface area contributed by atoms with Gasteiger partial charge in [0, 0.05) is 46.1 Å². The summed E-state index contributed by atoms with van der Waals surface area (Å²) in [5.41, 5.74) is -0.968. The van der Waals surface area contributed by atoms with Gasteiger partial charge in [0.1, 0.15) is 5.69 Å². The molecule has 1 saturated carbocycles. The third-order valence-corrected chi connectivity index (χ3v) is 3.68. The third kappa shape index (κ3) is 9.94. The quantitative estimate of drug-likeness (QED) is 0.198. The smallest absolute Gasteiger partial charge is 0.381 e. The van der Waals surface area contributed by atoms with Crippen LogP contribution >= 0.6 is 24.0 Å². The number of rotatable bonds is 10. The molecule has 1 aliphatic carbocycles. The molecule has 2 rings (SSSR count). The number of nitrogens with zero attached hydrogens (tertiary/aromatic N) is 3. The number of aliphatic imine (C=N–C) groups is 1. The predicted molar refractivity (Wildman–Crippen MR) is 108 cm³/mol. The van der Waals surface area contributed by atoms with E-state index in [0.717, 1.165) is 44.4 Å². The highest BCUT2D eigenvalue weighted by Gasteiger charge is 2.32. The fraction of sp³-hybridized carbons (Fsp3) is 0.688. The summed E-state index contributed by atoms with van der Waals surface area (Å²) in [5, 5.41) is 8.96. The van der Waals surface area contributed by atoms with Crippen LogP contribution in [0.5, 0.6) is 0 Å². The molecule has 154 valence electrons. The van der Waals surface area contributed by atoms with Crippen LogP contribution in [-0.2, 0) is 10.9 Å². The van der Waals surface area contributed by atoms with Gasteiger partial charge in [-0.15, -0.1) is 24.0 Å². The molecule has 0 radical (unpaired) electrons. The first-order valence-corrected chi connectivity index (χ1v) is 8.65. The van der Waals surface area contributed by atoms with E-state index < -0.39 is 11.9 Å². The minimum atomic E-state index is -4.48. The van der Waals surface area contributed by atoms with Crippen LogP contribution in [0.4, 0.5) is 19.1 Å². The lowest BCUT2D eigenvalue weighted by atomic mass is 10.4. The average molecular weight is 502 g/mol. The van der Waals surface area contributed by atoms with Crippen LogP contribution in [0.2, 0.25) is 0 Å². The predicted octanol–water partition coefficient (Wildman–Crippen LogP) is 2.51. The van der Waals surface area contributed by atoms with Gasteiger partial charge in [-0.3, -0.25) is 4.99 Å². The number of nitrogens with one attached hydrogen (secondary N) is 3. The lowest BCUT2D eigenvalue weighted by Crippen LogP contribution is -2.40. The van der Waals surface area contributed by atoms with Gasteiger partial charge in [0.25, 0.3) is 0 Å². The molecule has 1 fully saturated rings. The van der Waals surface area contributed by atoms with Crippen molar-refractivity contribution in [1.82, 2.24) is 20.6 Å². The first kappa shape index (κ1) is 23.7. The molecule has 0 saturated heterocycles. The minimum Gasteiger partial charge on any atom is -0.381 e. The molecule has 0 unspecified atom stereocenters. The zero-order chi connectivity index (χ0) is 18.8. The molecule has 0 atom stereocenters. The zero-order valence-electron chi connectivity index (χ0n) is 15.2. The van der Waals surface area contributed by atoms with E-state index in [4.69, 9.17) is 4.74 Å². The van der Waals surface area contributed by atoms with E-state index in [1.54, 1.807) is 7.05 Å². The Labute approximate surface area is 174 Å². The van der Waals surface area contributed by atoms with Gasteiger partial charge in [0.15, 0.2) is 5.96 Å². The molecule has 0 bridgehead atoms. The van der Waals surface area contributed by atoms with Crippen LogP contribution < -0.4 is 16.0 Å². The highest BCUT2D eigenvalue weighted by Crippen LogP contribution is 2.28. The summed E-state index contributed by atoms with van der Waals surface area (Å²) in [6.07, 6.45) is 0.0514. The van der Waals surface area contributed by atoms with Gasteiger partial charge >= 0.3 is 6.18 Å². The zero-order valence-corrected chi connectivity index (χ0v) is 17.5. The van der Waals surface area contributed by atoms with Gasteiger partial charge in [0.2, 0.25) is 5.95 Å². The van der Waals surface area contributed by atoms with Crippen molar-refractivity contribution < 1.29 is 17.9 Å². The molecule has 0 spiro atoms. The Morgan fingerprint density at radius 3 is 2.67 bits per heavy atom. The second-order valence-electron chi connectivity index (χ2n) is 5.99. The van der Waals surface area contributed by atoms with Crippen LogP contribution in [0.15, 0.2) is 17.3 Å². The average Bonchev–Trinajstić information content (AvgIpc) is 3.43. The number of guanidine groups is 1. The molecule has 1 aliphatic rings. The molecule has 0 aliphatic heterocycles. The normalized spacial score (nSPS) is 14.4.